The van der Waals surface area contributed by atoms with Gasteiger partial charge in [-0.25, -0.2) is 0 Å². The molecule has 0 N–H and O–H groups in total. The Bertz CT molecular complexity index is 387. The van der Waals surface area contributed by atoms with Crippen LogP contribution in [0, 0.1) is 6.92 Å². The van der Waals surface area contributed by atoms with Crippen LogP contribution in [0.2, 0.25) is 5.02 Å². The number of hydrogen-bond acceptors (Lipinski definition) is 2. The Morgan fingerprint density at radius 2 is 2.24 bits per heavy atom. The van der Waals surface area contributed by atoms with E-state index in [2.05, 4.69) is 32.9 Å². The van der Waals surface area contributed by atoms with Crippen LogP contribution in [-0.4, -0.2) is 32.6 Å². The molecule has 96 valence electrons. The van der Waals surface area contributed by atoms with E-state index >= 15 is 0 Å². The molecule has 0 spiro atoms. The van der Waals surface area contributed by atoms with Crippen LogP contribution >= 0.6 is 27.5 Å². The predicted molar refractivity (Wildman–Crippen MR) is 74.9 cm³/mol. The minimum atomic E-state index is 0.754. The van der Waals surface area contributed by atoms with Crippen LogP contribution in [0.25, 0.3) is 0 Å². The van der Waals surface area contributed by atoms with Crippen LogP contribution in [0.5, 0.6) is 0 Å². The molecule has 1 aromatic heterocycles. The van der Waals surface area contributed by atoms with Crippen molar-refractivity contribution in [1.29, 1.82) is 0 Å². The normalized spacial score (nSPS) is 15.8. The van der Waals surface area contributed by atoms with Crippen LogP contribution in [0.1, 0.15) is 31.2 Å². The maximum absolute atomic E-state index is 6.34. The molecule has 0 radical (unpaired) electrons. The van der Waals surface area contributed by atoms with Gasteiger partial charge in [-0.05, 0) is 26.7 Å². The molecule has 0 aromatic carbocycles. The minimum absolute atomic E-state index is 0.754. The number of aryl methyl sites for hydroxylation is 2. The zero-order chi connectivity index (χ0) is 12.4. The lowest BCUT2D eigenvalue weighted by Crippen LogP contribution is -2.28. The van der Waals surface area contributed by atoms with E-state index in [4.69, 9.17) is 11.6 Å². The monoisotopic (exact) mass is 319 g/mol. The molecule has 0 aliphatic heterocycles. The van der Waals surface area contributed by atoms with Gasteiger partial charge in [0.15, 0.2) is 0 Å². The Kier molecular flexibility index (Phi) is 4.50. The molecule has 0 bridgehead atoms. The molecule has 0 unspecified atom stereocenters. The van der Waals surface area contributed by atoms with Crippen molar-refractivity contribution in [2.75, 3.05) is 11.9 Å². The average Bonchev–Trinajstić information content (AvgIpc) is 3.11. The van der Waals surface area contributed by atoms with E-state index in [1.54, 1.807) is 0 Å². The molecule has 1 saturated carbocycles. The topological polar surface area (TPSA) is 21.1 Å². The van der Waals surface area contributed by atoms with Crippen LogP contribution in [-0.2, 0) is 13.1 Å². The largest absolute Gasteiger partial charge is 0.294 e. The molecular weight excluding hydrogens is 302 g/mol. The zero-order valence-corrected chi connectivity index (χ0v) is 12.8. The second kappa shape index (κ2) is 5.72. The van der Waals surface area contributed by atoms with Gasteiger partial charge in [-0.15, -0.1) is 0 Å². The van der Waals surface area contributed by atoms with Crippen molar-refractivity contribution in [3.05, 3.63) is 16.4 Å². The van der Waals surface area contributed by atoms with Gasteiger partial charge in [-0.3, -0.25) is 9.58 Å². The number of hydrogen-bond donors (Lipinski definition) is 0. The van der Waals surface area contributed by atoms with E-state index in [0.29, 0.717) is 0 Å². The van der Waals surface area contributed by atoms with Crippen molar-refractivity contribution in [2.45, 2.75) is 45.8 Å². The lowest BCUT2D eigenvalue weighted by Gasteiger charge is -2.21. The molecule has 1 aromatic rings. The summed E-state index contributed by atoms with van der Waals surface area (Å²) < 4.78 is 2.03. The second-order valence-electron chi connectivity index (χ2n) is 4.55. The fourth-order valence-corrected chi connectivity index (χ4v) is 2.80. The van der Waals surface area contributed by atoms with Gasteiger partial charge in [0.05, 0.1) is 16.4 Å². The highest BCUT2D eigenvalue weighted by Gasteiger charge is 2.29. The van der Waals surface area contributed by atoms with E-state index in [1.165, 1.54) is 18.5 Å². The summed E-state index contributed by atoms with van der Waals surface area (Å²) in [6.45, 7) is 6.97. The Balaban J connectivity index is 2.15. The van der Waals surface area contributed by atoms with Gasteiger partial charge in [0.1, 0.15) is 0 Å². The molecule has 0 saturated heterocycles. The third-order valence-corrected chi connectivity index (χ3v) is 4.09. The van der Waals surface area contributed by atoms with E-state index < -0.39 is 0 Å². The molecule has 1 heterocycles. The predicted octanol–water partition coefficient (Wildman–Crippen LogP) is 3.22. The van der Waals surface area contributed by atoms with Gasteiger partial charge in [0, 0.05) is 31.0 Å². The fourth-order valence-electron chi connectivity index (χ4n) is 2.15. The van der Waals surface area contributed by atoms with Gasteiger partial charge in [-0.1, -0.05) is 27.5 Å². The van der Waals surface area contributed by atoms with E-state index in [9.17, 15) is 0 Å². The first kappa shape index (κ1) is 13.4. The van der Waals surface area contributed by atoms with Crippen molar-refractivity contribution < 1.29 is 0 Å². The van der Waals surface area contributed by atoms with Gasteiger partial charge in [0.2, 0.25) is 0 Å². The Morgan fingerprint density at radius 1 is 1.53 bits per heavy atom. The molecule has 2 rings (SSSR count). The Labute approximate surface area is 116 Å². The Hall–Kier alpha value is -0.0600. The first-order valence-electron chi connectivity index (χ1n) is 6.19. The zero-order valence-electron chi connectivity index (χ0n) is 10.4. The third kappa shape index (κ3) is 3.04. The molecule has 1 aliphatic carbocycles. The van der Waals surface area contributed by atoms with Crippen molar-refractivity contribution in [2.24, 2.45) is 0 Å². The number of nitrogens with zero attached hydrogens (tertiary/aromatic N) is 3. The number of rotatable bonds is 6. The quantitative estimate of drug-likeness (QED) is 0.750. The van der Waals surface area contributed by atoms with Crippen LogP contribution in [0.15, 0.2) is 0 Å². The van der Waals surface area contributed by atoms with E-state index in [1.807, 2.05) is 11.6 Å². The maximum atomic E-state index is 6.34. The molecule has 0 atom stereocenters. The number of aromatic nitrogens is 2. The van der Waals surface area contributed by atoms with Crippen LogP contribution in [0.3, 0.4) is 0 Å². The molecule has 0 amide bonds. The fraction of sp³-hybridized carbons (Fsp3) is 0.750. The highest BCUT2D eigenvalue weighted by Crippen LogP contribution is 2.30. The summed E-state index contributed by atoms with van der Waals surface area (Å²) in [6.07, 6.45) is 2.65. The average molecular weight is 321 g/mol. The first-order valence-corrected chi connectivity index (χ1v) is 7.69. The van der Waals surface area contributed by atoms with Crippen molar-refractivity contribution in [3.8, 4) is 0 Å². The molecule has 1 aliphatic rings. The van der Waals surface area contributed by atoms with Gasteiger partial charge < -0.3 is 0 Å². The SMILES string of the molecule is CCn1nc(C)c(Cl)c1CN(CCBr)C1CC1. The Morgan fingerprint density at radius 3 is 2.76 bits per heavy atom. The molecular formula is C12H19BrClN3. The number of alkyl halides is 1. The van der Waals surface area contributed by atoms with Gasteiger partial charge >= 0.3 is 0 Å². The van der Waals surface area contributed by atoms with Crippen LogP contribution < -0.4 is 0 Å². The summed E-state index contributed by atoms with van der Waals surface area (Å²) in [5.41, 5.74) is 2.11. The van der Waals surface area contributed by atoms with Gasteiger partial charge in [-0.2, -0.15) is 5.10 Å². The lowest BCUT2D eigenvalue weighted by atomic mass is 10.3. The maximum Gasteiger partial charge on any atom is 0.0860 e. The van der Waals surface area contributed by atoms with Gasteiger partial charge in [0.25, 0.3) is 0 Å². The summed E-state index contributed by atoms with van der Waals surface area (Å²) >= 11 is 9.86. The summed E-state index contributed by atoms with van der Waals surface area (Å²) in [5.74, 6) is 0. The second-order valence-corrected chi connectivity index (χ2v) is 5.72. The number of halogens is 2. The highest BCUT2D eigenvalue weighted by atomic mass is 79.9. The van der Waals surface area contributed by atoms with E-state index in [-0.39, 0.29) is 0 Å². The highest BCUT2D eigenvalue weighted by molar-refractivity contribution is 9.09. The first-order chi connectivity index (χ1) is 8.17. The van der Waals surface area contributed by atoms with Crippen molar-refractivity contribution in [3.63, 3.8) is 0 Å². The smallest absolute Gasteiger partial charge is 0.0860 e. The minimum Gasteiger partial charge on any atom is -0.294 e. The lowest BCUT2D eigenvalue weighted by molar-refractivity contribution is 0.263. The van der Waals surface area contributed by atoms with Crippen molar-refractivity contribution in [1.82, 2.24) is 14.7 Å². The van der Waals surface area contributed by atoms with Crippen LogP contribution in [0.4, 0.5) is 0 Å². The summed E-state index contributed by atoms with van der Waals surface area (Å²) in [6, 6.07) is 0.754. The molecule has 17 heavy (non-hydrogen) atoms. The standard InChI is InChI=1S/C12H19BrClN3/c1-3-17-11(12(14)9(2)15-17)8-16(7-6-13)10-4-5-10/h10H,3-8H2,1-2H3. The summed E-state index contributed by atoms with van der Waals surface area (Å²) in [5, 5.41) is 6.32. The molecule has 3 nitrogen and oxygen atoms in total. The third-order valence-electron chi connectivity index (χ3n) is 3.24. The molecule has 1 fully saturated rings. The van der Waals surface area contributed by atoms with Crippen molar-refractivity contribution >= 4 is 27.5 Å². The summed E-state index contributed by atoms with van der Waals surface area (Å²) in [7, 11) is 0. The summed E-state index contributed by atoms with van der Waals surface area (Å²) in [4.78, 5) is 2.50. The van der Waals surface area contributed by atoms with E-state index in [0.717, 1.165) is 41.7 Å². The molecule has 5 heteroatoms.